The van der Waals surface area contributed by atoms with Crippen LogP contribution in [0.5, 0.6) is 0 Å². The molecule has 1 aliphatic carbocycles. The Morgan fingerprint density at radius 1 is 1.41 bits per heavy atom. The van der Waals surface area contributed by atoms with Gasteiger partial charge >= 0.3 is 0 Å². The molecule has 0 saturated heterocycles. The van der Waals surface area contributed by atoms with Gasteiger partial charge < -0.3 is 5.32 Å². The quantitative estimate of drug-likeness (QED) is 0.819. The standard InChI is InChI=1S/C14H18ClNO/c1-10-4-3-5-12(11(10)2)13(17)16-9-14(8-15)6-7-14/h3-5H,6-9H2,1-2H3,(H,16,17). The third-order valence-corrected chi connectivity index (χ3v) is 4.28. The van der Waals surface area contributed by atoms with E-state index < -0.39 is 0 Å². The van der Waals surface area contributed by atoms with Crippen molar-refractivity contribution in [1.29, 1.82) is 0 Å². The van der Waals surface area contributed by atoms with E-state index in [9.17, 15) is 4.79 Å². The third-order valence-electron chi connectivity index (χ3n) is 3.71. The predicted octanol–water partition coefficient (Wildman–Crippen LogP) is 3.05. The number of hydrogen-bond donors (Lipinski definition) is 1. The maximum absolute atomic E-state index is 12.1. The van der Waals surface area contributed by atoms with Crippen molar-refractivity contribution in [3.05, 3.63) is 34.9 Å². The van der Waals surface area contributed by atoms with E-state index >= 15 is 0 Å². The minimum Gasteiger partial charge on any atom is -0.351 e. The summed E-state index contributed by atoms with van der Waals surface area (Å²) in [4.78, 5) is 12.1. The molecule has 0 unspecified atom stereocenters. The van der Waals surface area contributed by atoms with E-state index in [2.05, 4.69) is 5.32 Å². The zero-order valence-electron chi connectivity index (χ0n) is 10.3. The van der Waals surface area contributed by atoms with Crippen LogP contribution in [0.25, 0.3) is 0 Å². The van der Waals surface area contributed by atoms with Gasteiger partial charge in [0.1, 0.15) is 0 Å². The van der Waals surface area contributed by atoms with E-state index in [4.69, 9.17) is 11.6 Å². The maximum atomic E-state index is 12.1. The summed E-state index contributed by atoms with van der Waals surface area (Å²) in [6.07, 6.45) is 2.26. The molecule has 0 heterocycles. The first-order chi connectivity index (χ1) is 8.08. The lowest BCUT2D eigenvalue weighted by Gasteiger charge is -2.14. The van der Waals surface area contributed by atoms with Crippen LogP contribution < -0.4 is 5.32 Å². The van der Waals surface area contributed by atoms with Crippen LogP contribution in [0, 0.1) is 19.3 Å². The van der Waals surface area contributed by atoms with Gasteiger partial charge in [0, 0.05) is 23.4 Å². The fourth-order valence-electron chi connectivity index (χ4n) is 1.89. The third kappa shape index (κ3) is 2.63. The first-order valence-corrected chi connectivity index (χ1v) is 6.52. The lowest BCUT2D eigenvalue weighted by molar-refractivity contribution is 0.0945. The highest BCUT2D eigenvalue weighted by Crippen LogP contribution is 2.45. The van der Waals surface area contributed by atoms with Gasteiger partial charge in [-0.05, 0) is 43.9 Å². The summed E-state index contributed by atoms with van der Waals surface area (Å²) in [6, 6.07) is 5.82. The molecule has 0 radical (unpaired) electrons. The molecule has 17 heavy (non-hydrogen) atoms. The highest BCUT2D eigenvalue weighted by molar-refractivity contribution is 6.18. The van der Waals surface area contributed by atoms with Gasteiger partial charge in [-0.1, -0.05) is 12.1 Å². The van der Waals surface area contributed by atoms with Crippen molar-refractivity contribution in [2.24, 2.45) is 5.41 Å². The number of halogens is 1. The molecule has 0 aromatic heterocycles. The number of hydrogen-bond acceptors (Lipinski definition) is 1. The molecule has 1 N–H and O–H groups in total. The normalized spacial score (nSPS) is 16.6. The van der Waals surface area contributed by atoms with Gasteiger partial charge in [0.15, 0.2) is 0 Å². The van der Waals surface area contributed by atoms with Gasteiger partial charge in [0.05, 0.1) is 0 Å². The van der Waals surface area contributed by atoms with Crippen molar-refractivity contribution in [3.63, 3.8) is 0 Å². The molecule has 0 atom stereocenters. The molecule has 1 amide bonds. The minimum atomic E-state index is 0.0163. The fourth-order valence-corrected chi connectivity index (χ4v) is 2.26. The van der Waals surface area contributed by atoms with E-state index in [1.54, 1.807) is 0 Å². The number of carbonyl (C=O) groups is 1. The molecular formula is C14H18ClNO. The molecule has 1 saturated carbocycles. The summed E-state index contributed by atoms with van der Waals surface area (Å²) in [5.41, 5.74) is 3.15. The Hall–Kier alpha value is -1.02. The molecule has 3 heteroatoms. The van der Waals surface area contributed by atoms with Crippen molar-refractivity contribution < 1.29 is 4.79 Å². The number of carbonyl (C=O) groups excluding carboxylic acids is 1. The van der Waals surface area contributed by atoms with Crippen LogP contribution in [0.3, 0.4) is 0 Å². The maximum Gasteiger partial charge on any atom is 0.251 e. The molecule has 2 rings (SSSR count). The van der Waals surface area contributed by atoms with Crippen molar-refractivity contribution in [3.8, 4) is 0 Å². The van der Waals surface area contributed by atoms with E-state index in [1.807, 2.05) is 32.0 Å². The second kappa shape index (κ2) is 4.69. The van der Waals surface area contributed by atoms with Crippen LogP contribution in [-0.4, -0.2) is 18.3 Å². The average Bonchev–Trinajstić information content (AvgIpc) is 3.10. The zero-order chi connectivity index (χ0) is 12.5. The summed E-state index contributed by atoms with van der Waals surface area (Å²) >= 11 is 5.89. The SMILES string of the molecule is Cc1cccc(C(=O)NCC2(CCl)CC2)c1C. The van der Waals surface area contributed by atoms with Gasteiger partial charge in [-0.3, -0.25) is 4.79 Å². The summed E-state index contributed by atoms with van der Waals surface area (Å²) in [5, 5.41) is 3.00. The Bertz CT molecular complexity index is 438. The molecule has 1 fully saturated rings. The Morgan fingerprint density at radius 2 is 2.12 bits per heavy atom. The lowest BCUT2D eigenvalue weighted by Crippen LogP contribution is -2.31. The molecule has 1 aromatic rings. The minimum absolute atomic E-state index is 0.0163. The zero-order valence-corrected chi connectivity index (χ0v) is 11.1. The Balaban J connectivity index is 2.02. The molecule has 0 aliphatic heterocycles. The van der Waals surface area contributed by atoms with E-state index in [0.29, 0.717) is 12.4 Å². The Kier molecular flexibility index (Phi) is 3.43. The molecule has 0 spiro atoms. The van der Waals surface area contributed by atoms with Gasteiger partial charge in [0.2, 0.25) is 0 Å². The lowest BCUT2D eigenvalue weighted by atomic mass is 10.0. The van der Waals surface area contributed by atoms with Crippen LogP contribution >= 0.6 is 11.6 Å². The van der Waals surface area contributed by atoms with Crippen LogP contribution in [0.1, 0.15) is 34.3 Å². The molecule has 0 bridgehead atoms. The van der Waals surface area contributed by atoms with Crippen LogP contribution in [0.2, 0.25) is 0 Å². The molecule has 92 valence electrons. The number of benzene rings is 1. The van der Waals surface area contributed by atoms with Crippen LogP contribution in [-0.2, 0) is 0 Å². The summed E-state index contributed by atoms with van der Waals surface area (Å²) in [6.45, 7) is 4.70. The first kappa shape index (κ1) is 12.4. The van der Waals surface area contributed by atoms with Gasteiger partial charge in [-0.25, -0.2) is 0 Å². The monoisotopic (exact) mass is 251 g/mol. The second-order valence-corrected chi connectivity index (χ2v) is 5.33. The number of alkyl halides is 1. The van der Waals surface area contributed by atoms with Gasteiger partial charge in [-0.15, -0.1) is 11.6 Å². The average molecular weight is 252 g/mol. The van der Waals surface area contributed by atoms with Gasteiger partial charge in [0.25, 0.3) is 5.91 Å². The predicted molar refractivity (Wildman–Crippen MR) is 70.6 cm³/mol. The Morgan fingerprint density at radius 3 is 2.71 bits per heavy atom. The number of aryl methyl sites for hydroxylation is 1. The fraction of sp³-hybridized carbons (Fsp3) is 0.500. The summed E-state index contributed by atoms with van der Waals surface area (Å²) < 4.78 is 0. The van der Waals surface area contributed by atoms with Crippen molar-refractivity contribution in [2.45, 2.75) is 26.7 Å². The van der Waals surface area contributed by atoms with E-state index in [1.165, 1.54) is 0 Å². The summed E-state index contributed by atoms with van der Waals surface area (Å²) in [5.74, 6) is 0.655. The van der Waals surface area contributed by atoms with Crippen molar-refractivity contribution in [2.75, 3.05) is 12.4 Å². The Labute approximate surface area is 107 Å². The van der Waals surface area contributed by atoms with Crippen molar-refractivity contribution in [1.82, 2.24) is 5.32 Å². The van der Waals surface area contributed by atoms with Crippen molar-refractivity contribution >= 4 is 17.5 Å². The number of amides is 1. The number of nitrogens with one attached hydrogen (secondary N) is 1. The van der Waals surface area contributed by atoms with E-state index in [0.717, 1.165) is 29.5 Å². The topological polar surface area (TPSA) is 29.1 Å². The first-order valence-electron chi connectivity index (χ1n) is 5.98. The molecule has 2 nitrogen and oxygen atoms in total. The molecule has 1 aromatic carbocycles. The smallest absolute Gasteiger partial charge is 0.251 e. The summed E-state index contributed by atoms with van der Waals surface area (Å²) in [7, 11) is 0. The number of rotatable bonds is 4. The molecular weight excluding hydrogens is 234 g/mol. The van der Waals surface area contributed by atoms with Gasteiger partial charge in [-0.2, -0.15) is 0 Å². The largest absolute Gasteiger partial charge is 0.351 e. The molecule has 1 aliphatic rings. The van der Waals surface area contributed by atoms with E-state index in [-0.39, 0.29) is 11.3 Å². The highest BCUT2D eigenvalue weighted by atomic mass is 35.5. The van der Waals surface area contributed by atoms with Crippen LogP contribution in [0.4, 0.5) is 0 Å². The van der Waals surface area contributed by atoms with Crippen LogP contribution in [0.15, 0.2) is 18.2 Å². The highest BCUT2D eigenvalue weighted by Gasteiger charge is 2.41. The second-order valence-electron chi connectivity index (χ2n) is 5.06.